The van der Waals surface area contributed by atoms with Gasteiger partial charge in [-0.3, -0.25) is 4.79 Å². The second-order valence-corrected chi connectivity index (χ2v) is 8.19. The van der Waals surface area contributed by atoms with Crippen LogP contribution in [-0.4, -0.2) is 27.8 Å². The molecule has 3 N–H and O–H groups in total. The second kappa shape index (κ2) is 7.03. The molecule has 0 radical (unpaired) electrons. The second-order valence-electron chi connectivity index (χ2n) is 7.16. The molecule has 3 heterocycles. The molecule has 3 aromatic rings. The van der Waals surface area contributed by atoms with Crippen molar-refractivity contribution < 1.29 is 19.2 Å². The van der Waals surface area contributed by atoms with Crippen molar-refractivity contribution in [2.45, 2.75) is 32.3 Å². The Kier molecular flexibility index (Phi) is 4.65. The molecule has 148 valence electrons. The average molecular weight is 409 g/mol. The molecule has 0 saturated carbocycles. The van der Waals surface area contributed by atoms with Crippen LogP contribution in [-0.2, 0) is 5.60 Å². The molecule has 0 saturated heterocycles. The molecule has 1 aromatic carbocycles. The molecule has 0 unspecified atom stereocenters. The van der Waals surface area contributed by atoms with E-state index in [1.165, 1.54) is 11.3 Å². The SMILES string of the molecule is Cc1cc([C@](C)(O)C#Cc2ccc3c(c2)-c2nc(C(N)=O)sc2[C@H](C)CO3)no1. The fraction of sp³-hybridized carbons (Fsp3) is 0.286. The summed E-state index contributed by atoms with van der Waals surface area (Å²) < 4.78 is 10.9. The number of ether oxygens (including phenoxy) is 1. The maximum absolute atomic E-state index is 11.6. The van der Waals surface area contributed by atoms with Gasteiger partial charge in [-0.05, 0) is 32.0 Å². The van der Waals surface area contributed by atoms with Crippen molar-refractivity contribution in [1.82, 2.24) is 10.1 Å². The Hall–Kier alpha value is -3.15. The number of thiazole rings is 1. The van der Waals surface area contributed by atoms with Crippen LogP contribution >= 0.6 is 11.3 Å². The number of carbonyl (C=O) groups excluding carboxylic acids is 1. The number of hydrogen-bond acceptors (Lipinski definition) is 7. The number of aliphatic hydroxyl groups is 1. The van der Waals surface area contributed by atoms with Gasteiger partial charge in [-0.15, -0.1) is 11.3 Å². The largest absolute Gasteiger partial charge is 0.492 e. The first kappa shape index (κ1) is 19.2. The van der Waals surface area contributed by atoms with Gasteiger partial charge < -0.3 is 20.1 Å². The highest BCUT2D eigenvalue weighted by molar-refractivity contribution is 7.14. The van der Waals surface area contributed by atoms with Crippen molar-refractivity contribution in [2.24, 2.45) is 5.73 Å². The minimum absolute atomic E-state index is 0.0775. The summed E-state index contributed by atoms with van der Waals surface area (Å²) >= 11 is 1.29. The van der Waals surface area contributed by atoms with Gasteiger partial charge in [-0.2, -0.15) is 0 Å². The first-order valence-electron chi connectivity index (χ1n) is 9.01. The van der Waals surface area contributed by atoms with Gasteiger partial charge in [0.15, 0.2) is 10.6 Å². The summed E-state index contributed by atoms with van der Waals surface area (Å²) in [4.78, 5) is 17.0. The van der Waals surface area contributed by atoms with Crippen molar-refractivity contribution in [2.75, 3.05) is 6.61 Å². The molecule has 4 rings (SSSR count). The number of aryl methyl sites for hydroxylation is 1. The number of aromatic nitrogens is 2. The fourth-order valence-corrected chi connectivity index (χ4v) is 3.99. The molecule has 1 aliphatic rings. The topological polar surface area (TPSA) is 111 Å². The molecule has 2 aromatic heterocycles. The number of primary amides is 1. The first-order chi connectivity index (χ1) is 13.7. The van der Waals surface area contributed by atoms with Crippen LogP contribution in [0, 0.1) is 18.8 Å². The summed E-state index contributed by atoms with van der Waals surface area (Å²) in [5.41, 5.74) is 6.42. The molecule has 8 heteroatoms. The molecule has 2 atom stereocenters. The Bertz CT molecular complexity index is 1170. The van der Waals surface area contributed by atoms with E-state index in [2.05, 4.69) is 22.0 Å². The van der Waals surface area contributed by atoms with Gasteiger partial charge in [0.2, 0.25) is 0 Å². The van der Waals surface area contributed by atoms with E-state index in [9.17, 15) is 9.90 Å². The lowest BCUT2D eigenvalue weighted by Gasteiger charge is -2.12. The maximum atomic E-state index is 11.6. The zero-order valence-electron chi connectivity index (χ0n) is 16.1. The van der Waals surface area contributed by atoms with Crippen LogP contribution in [0.1, 0.15) is 51.5 Å². The van der Waals surface area contributed by atoms with Crippen molar-refractivity contribution >= 4 is 17.2 Å². The van der Waals surface area contributed by atoms with Crippen molar-refractivity contribution in [3.05, 3.63) is 51.2 Å². The Labute approximate surface area is 171 Å². The number of carbonyl (C=O) groups is 1. The third-order valence-corrected chi connectivity index (χ3v) is 5.91. The molecule has 1 aliphatic heterocycles. The molecule has 29 heavy (non-hydrogen) atoms. The normalized spacial score (nSPS) is 17.0. The van der Waals surface area contributed by atoms with E-state index in [1.807, 2.05) is 25.1 Å². The lowest BCUT2D eigenvalue weighted by Crippen LogP contribution is -2.18. The smallest absolute Gasteiger partial charge is 0.277 e. The fourth-order valence-electron chi connectivity index (χ4n) is 3.03. The zero-order chi connectivity index (χ0) is 20.8. The van der Waals surface area contributed by atoms with Gasteiger partial charge in [0, 0.05) is 28.0 Å². The summed E-state index contributed by atoms with van der Waals surface area (Å²) in [5.74, 6) is 6.61. The number of nitrogens with zero attached hydrogens (tertiary/aromatic N) is 2. The quantitative estimate of drug-likeness (QED) is 0.630. The van der Waals surface area contributed by atoms with Crippen molar-refractivity contribution in [3.8, 4) is 28.8 Å². The first-order valence-corrected chi connectivity index (χ1v) is 9.83. The highest BCUT2D eigenvalue weighted by Gasteiger charge is 2.27. The Balaban J connectivity index is 1.76. The van der Waals surface area contributed by atoms with Gasteiger partial charge >= 0.3 is 0 Å². The number of amides is 1. The van der Waals surface area contributed by atoms with Crippen LogP contribution in [0.3, 0.4) is 0 Å². The van der Waals surface area contributed by atoms with Crippen molar-refractivity contribution in [3.63, 3.8) is 0 Å². The van der Waals surface area contributed by atoms with Crippen LogP contribution in [0.4, 0.5) is 0 Å². The van der Waals surface area contributed by atoms with Gasteiger partial charge in [-0.1, -0.05) is 23.9 Å². The molecule has 0 fully saturated rings. The lowest BCUT2D eigenvalue weighted by atomic mass is 10.0. The van der Waals surface area contributed by atoms with Crippen LogP contribution in [0.15, 0.2) is 28.8 Å². The molecule has 1 amide bonds. The summed E-state index contributed by atoms with van der Waals surface area (Å²) in [5, 5.41) is 14.7. The molecule has 0 bridgehead atoms. The summed E-state index contributed by atoms with van der Waals surface area (Å²) in [6.07, 6.45) is 0. The molecular weight excluding hydrogens is 390 g/mol. The Morgan fingerprint density at radius 2 is 2.21 bits per heavy atom. The van der Waals surface area contributed by atoms with E-state index in [1.54, 1.807) is 19.9 Å². The molecular formula is C21H19N3O4S. The average Bonchev–Trinajstić information content (AvgIpc) is 3.29. The van der Waals surface area contributed by atoms with E-state index in [0.717, 1.165) is 10.4 Å². The number of hydrogen-bond donors (Lipinski definition) is 2. The van der Waals surface area contributed by atoms with Gasteiger partial charge in [-0.25, -0.2) is 4.98 Å². The lowest BCUT2D eigenvalue weighted by molar-refractivity contribution is 0.0999. The highest BCUT2D eigenvalue weighted by Crippen LogP contribution is 2.41. The summed E-state index contributed by atoms with van der Waals surface area (Å²) in [6.45, 7) is 5.81. The Morgan fingerprint density at radius 3 is 2.90 bits per heavy atom. The monoisotopic (exact) mass is 409 g/mol. The van der Waals surface area contributed by atoms with Crippen LogP contribution in [0.25, 0.3) is 11.3 Å². The standard InChI is InChI=1S/C21H19N3O4S/c1-11-10-27-15-5-4-13(6-7-21(3,26)16-8-12(2)28-24-16)9-14(15)17-18(11)29-20(23-17)19(22)25/h4-5,8-9,11,26H,10H2,1-3H3,(H2,22,25)/t11-,21-/m1/s1. The van der Waals surface area contributed by atoms with Crippen LogP contribution in [0.5, 0.6) is 5.75 Å². The predicted molar refractivity (Wildman–Crippen MR) is 108 cm³/mol. The third kappa shape index (κ3) is 3.62. The zero-order valence-corrected chi connectivity index (χ0v) is 17.0. The predicted octanol–water partition coefficient (Wildman–Crippen LogP) is 2.96. The molecule has 7 nitrogen and oxygen atoms in total. The van der Waals surface area contributed by atoms with Gasteiger partial charge in [0.1, 0.15) is 17.2 Å². The van der Waals surface area contributed by atoms with E-state index in [-0.39, 0.29) is 10.9 Å². The molecule has 0 spiro atoms. The summed E-state index contributed by atoms with van der Waals surface area (Å²) in [7, 11) is 0. The number of fused-ring (bicyclic) bond motifs is 3. The molecule has 0 aliphatic carbocycles. The van der Waals surface area contributed by atoms with Crippen molar-refractivity contribution in [1.29, 1.82) is 0 Å². The van der Waals surface area contributed by atoms with E-state index >= 15 is 0 Å². The van der Waals surface area contributed by atoms with Crippen LogP contribution in [0.2, 0.25) is 0 Å². The number of rotatable bonds is 2. The number of nitrogens with two attached hydrogens (primary N) is 1. The van der Waals surface area contributed by atoms with E-state index in [4.69, 9.17) is 15.0 Å². The Morgan fingerprint density at radius 1 is 1.41 bits per heavy atom. The highest BCUT2D eigenvalue weighted by atomic mass is 32.1. The minimum Gasteiger partial charge on any atom is -0.492 e. The van der Waals surface area contributed by atoms with Crippen LogP contribution < -0.4 is 10.5 Å². The maximum Gasteiger partial charge on any atom is 0.277 e. The summed E-state index contributed by atoms with van der Waals surface area (Å²) in [6, 6.07) is 7.12. The number of benzene rings is 1. The minimum atomic E-state index is -1.46. The van der Waals surface area contributed by atoms with E-state index in [0.29, 0.717) is 35.1 Å². The van der Waals surface area contributed by atoms with E-state index < -0.39 is 11.5 Å². The van der Waals surface area contributed by atoms with Gasteiger partial charge in [0.05, 0.1) is 12.3 Å². The van der Waals surface area contributed by atoms with Gasteiger partial charge in [0.25, 0.3) is 5.91 Å². The third-order valence-electron chi connectivity index (χ3n) is 4.61.